The van der Waals surface area contributed by atoms with Crippen LogP contribution in [-0.2, 0) is 0 Å². The highest BCUT2D eigenvalue weighted by atomic mass is 35.5. The average Bonchev–Trinajstić information content (AvgIpc) is 2.29. The Balaban J connectivity index is 2.54. The van der Waals surface area contributed by atoms with Crippen molar-refractivity contribution in [3.8, 4) is 11.1 Å². The molecule has 0 fully saturated rings. The second-order valence-corrected chi connectivity index (χ2v) is 4.29. The molecule has 0 atom stereocenters. The van der Waals surface area contributed by atoms with Crippen molar-refractivity contribution in [2.75, 3.05) is 0 Å². The van der Waals surface area contributed by atoms with Gasteiger partial charge in [0.25, 0.3) is 0 Å². The summed E-state index contributed by atoms with van der Waals surface area (Å²) >= 11 is 11.9. The molecule has 2 rings (SSSR count). The topological polar surface area (TPSA) is 53.4 Å². The molecule has 0 aliphatic rings. The molecule has 0 aliphatic heterocycles. The molecule has 0 saturated heterocycles. The van der Waals surface area contributed by atoms with Gasteiger partial charge in [-0.2, -0.15) is 0 Å². The summed E-state index contributed by atoms with van der Waals surface area (Å²) in [4.78, 5) is 3.91. The molecule has 1 aromatic carbocycles. The molecule has 0 amide bonds. The van der Waals surface area contributed by atoms with Crippen LogP contribution in [0.25, 0.3) is 11.1 Å². The van der Waals surface area contributed by atoms with Crippen molar-refractivity contribution < 1.29 is 10.0 Å². The Kier molecular flexibility index (Phi) is 3.69. The number of benzene rings is 1. The Hall–Kier alpha value is -1.07. The van der Waals surface area contributed by atoms with E-state index in [1.54, 1.807) is 24.3 Å². The first kappa shape index (κ1) is 12.4. The molecule has 1 heterocycles. The van der Waals surface area contributed by atoms with Gasteiger partial charge < -0.3 is 10.0 Å². The number of rotatable bonds is 2. The van der Waals surface area contributed by atoms with Crippen molar-refractivity contribution in [3.63, 3.8) is 0 Å². The maximum Gasteiger partial charge on any atom is 0.490 e. The van der Waals surface area contributed by atoms with Gasteiger partial charge in [0.2, 0.25) is 0 Å². The van der Waals surface area contributed by atoms with E-state index >= 15 is 0 Å². The second-order valence-electron chi connectivity index (χ2n) is 3.49. The Morgan fingerprint density at radius 1 is 1.12 bits per heavy atom. The molecule has 0 bridgehead atoms. The molecule has 2 aromatic rings. The number of aromatic nitrogens is 1. The normalized spacial score (nSPS) is 10.4. The first-order chi connectivity index (χ1) is 8.08. The molecule has 1 aromatic heterocycles. The van der Waals surface area contributed by atoms with E-state index in [2.05, 4.69) is 4.98 Å². The van der Waals surface area contributed by atoms with E-state index in [-0.39, 0.29) is 10.6 Å². The number of pyridine rings is 1. The van der Waals surface area contributed by atoms with Crippen molar-refractivity contribution in [2.45, 2.75) is 0 Å². The first-order valence-corrected chi connectivity index (χ1v) is 5.61. The summed E-state index contributed by atoms with van der Waals surface area (Å²) in [5.74, 6) is 0. The van der Waals surface area contributed by atoms with Crippen molar-refractivity contribution in [3.05, 3.63) is 46.7 Å². The van der Waals surface area contributed by atoms with Gasteiger partial charge in [-0.05, 0) is 23.8 Å². The molecule has 17 heavy (non-hydrogen) atoms. The summed E-state index contributed by atoms with van der Waals surface area (Å²) in [5.41, 5.74) is 1.67. The molecule has 0 unspecified atom stereocenters. The van der Waals surface area contributed by atoms with E-state index < -0.39 is 7.12 Å². The maximum absolute atomic E-state index is 9.09. The molecule has 0 spiro atoms. The SMILES string of the molecule is OB(O)c1cnc(Cl)c(-c2cccc(Cl)c2)c1. The van der Waals surface area contributed by atoms with Crippen LogP contribution in [-0.4, -0.2) is 22.2 Å². The summed E-state index contributed by atoms with van der Waals surface area (Å²) in [6.45, 7) is 0. The standard InChI is InChI=1S/C11H8BCl2NO2/c13-9-3-1-2-7(4-9)10-5-8(12(16)17)6-15-11(10)14/h1-6,16-17H. The minimum absolute atomic E-state index is 0.282. The monoisotopic (exact) mass is 267 g/mol. The lowest BCUT2D eigenvalue weighted by molar-refractivity contribution is 0.425. The third kappa shape index (κ3) is 2.79. The number of nitrogens with zero attached hydrogens (tertiary/aromatic N) is 1. The third-order valence-corrected chi connectivity index (χ3v) is 2.83. The summed E-state index contributed by atoms with van der Waals surface area (Å²) in [5, 5.41) is 19.0. The van der Waals surface area contributed by atoms with E-state index in [9.17, 15) is 0 Å². The van der Waals surface area contributed by atoms with E-state index in [4.69, 9.17) is 33.2 Å². The molecule has 86 valence electrons. The molecule has 2 N–H and O–H groups in total. The molecule has 0 aliphatic carbocycles. The van der Waals surface area contributed by atoms with Crippen LogP contribution in [0, 0.1) is 0 Å². The Bertz CT molecular complexity index is 549. The highest BCUT2D eigenvalue weighted by molar-refractivity contribution is 6.58. The number of halogens is 2. The minimum atomic E-state index is -1.57. The van der Waals surface area contributed by atoms with E-state index in [0.717, 1.165) is 5.56 Å². The van der Waals surface area contributed by atoms with Crippen molar-refractivity contribution >= 4 is 35.8 Å². The Labute approximate surface area is 109 Å². The van der Waals surface area contributed by atoms with Gasteiger partial charge in [0.15, 0.2) is 0 Å². The zero-order valence-corrected chi connectivity index (χ0v) is 10.2. The van der Waals surface area contributed by atoms with Crippen LogP contribution in [0.3, 0.4) is 0 Å². The Morgan fingerprint density at radius 3 is 2.53 bits per heavy atom. The highest BCUT2D eigenvalue weighted by Gasteiger charge is 2.14. The predicted molar refractivity (Wildman–Crippen MR) is 69.5 cm³/mol. The van der Waals surface area contributed by atoms with Crippen molar-refractivity contribution in [1.29, 1.82) is 0 Å². The van der Waals surface area contributed by atoms with Crippen LogP contribution >= 0.6 is 23.2 Å². The summed E-state index contributed by atoms with van der Waals surface area (Å²) in [6, 6.07) is 8.67. The van der Waals surface area contributed by atoms with E-state index in [1.807, 2.05) is 6.07 Å². The van der Waals surface area contributed by atoms with Gasteiger partial charge in [-0.3, -0.25) is 0 Å². The summed E-state index contributed by atoms with van der Waals surface area (Å²) in [7, 11) is -1.57. The lowest BCUT2D eigenvalue weighted by atomic mass is 9.80. The molecule has 6 heteroatoms. The average molecular weight is 268 g/mol. The quantitative estimate of drug-likeness (QED) is 0.644. The second kappa shape index (κ2) is 5.06. The number of hydrogen-bond donors (Lipinski definition) is 2. The van der Waals surface area contributed by atoms with Gasteiger partial charge in [-0.15, -0.1) is 0 Å². The molecule has 0 saturated carbocycles. The zero-order valence-electron chi connectivity index (χ0n) is 8.64. The molecule has 3 nitrogen and oxygen atoms in total. The van der Waals surface area contributed by atoms with Crippen LogP contribution in [0.15, 0.2) is 36.5 Å². The van der Waals surface area contributed by atoms with E-state index in [0.29, 0.717) is 10.6 Å². The molecular weight excluding hydrogens is 260 g/mol. The van der Waals surface area contributed by atoms with Gasteiger partial charge in [-0.25, -0.2) is 4.98 Å². The zero-order chi connectivity index (χ0) is 12.4. The summed E-state index contributed by atoms with van der Waals surface area (Å²) < 4.78 is 0. The fourth-order valence-electron chi connectivity index (χ4n) is 1.46. The van der Waals surface area contributed by atoms with Crippen LogP contribution in [0.2, 0.25) is 10.2 Å². The lowest BCUT2D eigenvalue weighted by Gasteiger charge is -2.07. The van der Waals surface area contributed by atoms with Gasteiger partial charge in [0.1, 0.15) is 5.15 Å². The van der Waals surface area contributed by atoms with E-state index in [1.165, 1.54) is 6.20 Å². The fraction of sp³-hybridized carbons (Fsp3) is 0. The van der Waals surface area contributed by atoms with Crippen LogP contribution < -0.4 is 5.46 Å². The van der Waals surface area contributed by atoms with Crippen LogP contribution in [0.4, 0.5) is 0 Å². The largest absolute Gasteiger partial charge is 0.490 e. The first-order valence-electron chi connectivity index (χ1n) is 4.85. The van der Waals surface area contributed by atoms with Crippen molar-refractivity contribution in [1.82, 2.24) is 4.98 Å². The van der Waals surface area contributed by atoms with Gasteiger partial charge in [-0.1, -0.05) is 35.3 Å². The Morgan fingerprint density at radius 2 is 1.88 bits per heavy atom. The van der Waals surface area contributed by atoms with Gasteiger partial charge in [0.05, 0.1) is 0 Å². The third-order valence-electron chi connectivity index (χ3n) is 2.29. The molecular formula is C11H8BCl2NO2. The van der Waals surface area contributed by atoms with Gasteiger partial charge >= 0.3 is 7.12 Å². The van der Waals surface area contributed by atoms with Crippen LogP contribution in [0.1, 0.15) is 0 Å². The van der Waals surface area contributed by atoms with Crippen molar-refractivity contribution in [2.24, 2.45) is 0 Å². The molecule has 0 radical (unpaired) electrons. The van der Waals surface area contributed by atoms with Gasteiger partial charge in [0, 0.05) is 22.2 Å². The van der Waals surface area contributed by atoms with Crippen LogP contribution in [0.5, 0.6) is 0 Å². The lowest BCUT2D eigenvalue weighted by Crippen LogP contribution is -2.30. The highest BCUT2D eigenvalue weighted by Crippen LogP contribution is 2.27. The minimum Gasteiger partial charge on any atom is -0.423 e. The maximum atomic E-state index is 9.09. The smallest absolute Gasteiger partial charge is 0.423 e. The fourth-order valence-corrected chi connectivity index (χ4v) is 1.87. The predicted octanol–water partition coefficient (Wildman–Crippen LogP) is 1.74. The summed E-state index contributed by atoms with van der Waals surface area (Å²) in [6.07, 6.45) is 1.32. The number of hydrogen-bond acceptors (Lipinski definition) is 3.